The van der Waals surface area contributed by atoms with Crippen LogP contribution in [0.4, 0.5) is 4.39 Å². The van der Waals surface area contributed by atoms with Gasteiger partial charge in [-0.3, -0.25) is 4.98 Å². The first-order valence-corrected chi connectivity index (χ1v) is 8.18. The molecule has 116 valence electrons. The molecule has 0 atom stereocenters. The number of ether oxygens (including phenoxy) is 1. The maximum atomic E-state index is 13.1. The van der Waals surface area contributed by atoms with Gasteiger partial charge in [0, 0.05) is 36.3 Å². The number of fused-ring (bicyclic) bond motifs is 1. The molecule has 1 aromatic carbocycles. The highest BCUT2D eigenvalue weighted by molar-refractivity contribution is 5.87. The number of hydrogen-bond acceptors (Lipinski definition) is 3. The number of likely N-dealkylation sites (tertiary alicyclic amines) is 1. The van der Waals surface area contributed by atoms with Crippen molar-refractivity contribution in [1.29, 1.82) is 0 Å². The quantitative estimate of drug-likeness (QED) is 0.860. The van der Waals surface area contributed by atoms with Gasteiger partial charge in [0.05, 0.1) is 5.52 Å². The van der Waals surface area contributed by atoms with Crippen LogP contribution in [-0.2, 0) is 6.67 Å². The molecule has 0 radical (unpaired) electrons. The molecular weight excluding hydrogens is 279 g/mol. The number of hydrogen-bond donors (Lipinski definition) is 0. The minimum atomic E-state index is -0.492. The number of benzene rings is 1. The van der Waals surface area contributed by atoms with E-state index in [1.54, 1.807) is 12.3 Å². The van der Waals surface area contributed by atoms with Crippen molar-refractivity contribution in [3.63, 3.8) is 0 Å². The Morgan fingerprint density at radius 2 is 1.95 bits per heavy atom. The summed E-state index contributed by atoms with van der Waals surface area (Å²) in [5.41, 5.74) is 1.35. The first-order chi connectivity index (χ1) is 10.8. The summed E-state index contributed by atoms with van der Waals surface area (Å²) in [6.45, 7) is 1.77. The maximum Gasteiger partial charge on any atom is 0.130 e. The summed E-state index contributed by atoms with van der Waals surface area (Å²) in [5, 5.41) is 0.919. The van der Waals surface area contributed by atoms with E-state index < -0.39 is 6.67 Å². The Balaban J connectivity index is 1.52. The molecule has 2 fully saturated rings. The van der Waals surface area contributed by atoms with Crippen LogP contribution in [0.2, 0.25) is 0 Å². The summed E-state index contributed by atoms with van der Waals surface area (Å²) in [4.78, 5) is 6.91. The molecule has 0 spiro atoms. The molecule has 0 N–H and O–H groups in total. The monoisotopic (exact) mass is 300 g/mol. The molecule has 1 saturated carbocycles. The summed E-state index contributed by atoms with van der Waals surface area (Å²) in [6, 6.07) is 8.37. The van der Waals surface area contributed by atoms with Crippen LogP contribution in [-0.4, -0.2) is 35.1 Å². The van der Waals surface area contributed by atoms with Crippen LogP contribution in [0.1, 0.15) is 31.2 Å². The minimum absolute atomic E-state index is 0.259. The van der Waals surface area contributed by atoms with Gasteiger partial charge in [-0.15, -0.1) is 0 Å². The van der Waals surface area contributed by atoms with E-state index in [1.165, 1.54) is 12.8 Å². The molecule has 0 amide bonds. The van der Waals surface area contributed by atoms with Crippen LogP contribution < -0.4 is 4.74 Å². The van der Waals surface area contributed by atoms with E-state index in [4.69, 9.17) is 4.74 Å². The molecule has 0 unspecified atom stereocenters. The zero-order valence-electron chi connectivity index (χ0n) is 12.7. The lowest BCUT2D eigenvalue weighted by molar-refractivity contribution is 0.0977. The Morgan fingerprint density at radius 1 is 1.14 bits per heavy atom. The van der Waals surface area contributed by atoms with Crippen LogP contribution in [0.3, 0.4) is 0 Å². The van der Waals surface area contributed by atoms with E-state index in [-0.39, 0.29) is 6.10 Å². The fourth-order valence-electron chi connectivity index (χ4n) is 3.40. The highest BCUT2D eigenvalue weighted by Gasteiger charge is 2.32. The second kappa shape index (κ2) is 5.84. The van der Waals surface area contributed by atoms with Crippen LogP contribution in [0.25, 0.3) is 10.9 Å². The van der Waals surface area contributed by atoms with Gasteiger partial charge < -0.3 is 9.64 Å². The minimum Gasteiger partial charge on any atom is -0.490 e. The van der Waals surface area contributed by atoms with Crippen molar-refractivity contribution in [2.75, 3.05) is 13.1 Å². The van der Waals surface area contributed by atoms with Crippen LogP contribution in [0.5, 0.6) is 5.75 Å². The second-order valence-electron chi connectivity index (χ2n) is 6.34. The second-order valence-corrected chi connectivity index (χ2v) is 6.34. The molecule has 1 saturated heterocycles. The molecule has 1 aliphatic carbocycles. The predicted octanol–water partition coefficient (Wildman–Crippen LogP) is 3.71. The molecule has 2 heterocycles. The Hall–Kier alpha value is -1.68. The Labute approximate surface area is 130 Å². The van der Waals surface area contributed by atoms with Crippen LogP contribution in [0.15, 0.2) is 30.5 Å². The first-order valence-electron chi connectivity index (χ1n) is 8.18. The third kappa shape index (κ3) is 2.68. The normalized spacial score (nSPS) is 20.4. The number of nitrogens with zero attached hydrogens (tertiary/aromatic N) is 2. The van der Waals surface area contributed by atoms with E-state index >= 15 is 0 Å². The van der Waals surface area contributed by atoms with Gasteiger partial charge in [0.15, 0.2) is 0 Å². The number of rotatable bonds is 4. The predicted molar refractivity (Wildman–Crippen MR) is 84.8 cm³/mol. The molecule has 1 aliphatic heterocycles. The topological polar surface area (TPSA) is 25.4 Å². The average molecular weight is 300 g/mol. The fraction of sp³-hybridized carbons (Fsp3) is 0.500. The van der Waals surface area contributed by atoms with E-state index in [9.17, 15) is 4.39 Å². The van der Waals surface area contributed by atoms with Gasteiger partial charge in [0.2, 0.25) is 0 Å². The summed E-state index contributed by atoms with van der Waals surface area (Å²) in [6.07, 6.45) is 6.86. The van der Waals surface area contributed by atoms with Crippen molar-refractivity contribution >= 4 is 10.9 Å². The summed E-state index contributed by atoms with van der Waals surface area (Å²) in [5.74, 6) is 0.838. The summed E-state index contributed by atoms with van der Waals surface area (Å²) < 4.78 is 19.3. The zero-order chi connectivity index (χ0) is 14.9. The molecule has 4 rings (SSSR count). The molecule has 2 aliphatic rings. The Bertz CT molecular complexity index is 663. The van der Waals surface area contributed by atoms with E-state index in [1.807, 2.05) is 18.2 Å². The van der Waals surface area contributed by atoms with Crippen LogP contribution in [0, 0.1) is 0 Å². The largest absolute Gasteiger partial charge is 0.490 e. The molecule has 0 bridgehead atoms. The van der Waals surface area contributed by atoms with Crippen molar-refractivity contribution in [2.24, 2.45) is 0 Å². The highest BCUT2D eigenvalue weighted by atomic mass is 19.1. The fourth-order valence-corrected chi connectivity index (χ4v) is 3.40. The molecule has 22 heavy (non-hydrogen) atoms. The summed E-state index contributed by atoms with van der Waals surface area (Å²) >= 11 is 0. The SMILES string of the molecule is FCc1cccc2c(OC3CCN(C4CC4)CC3)ccnc12. The number of halogens is 1. The van der Waals surface area contributed by atoms with Crippen molar-refractivity contribution in [2.45, 2.75) is 44.5 Å². The summed E-state index contributed by atoms with van der Waals surface area (Å²) in [7, 11) is 0. The average Bonchev–Trinajstić information content (AvgIpc) is 3.40. The Morgan fingerprint density at radius 3 is 2.68 bits per heavy atom. The van der Waals surface area contributed by atoms with Crippen molar-refractivity contribution in [1.82, 2.24) is 9.88 Å². The van der Waals surface area contributed by atoms with Gasteiger partial charge >= 0.3 is 0 Å². The van der Waals surface area contributed by atoms with E-state index in [0.29, 0.717) is 5.56 Å². The molecule has 3 nitrogen and oxygen atoms in total. The van der Waals surface area contributed by atoms with Gasteiger partial charge in [-0.05, 0) is 37.8 Å². The molecule has 1 aromatic heterocycles. The lowest BCUT2D eigenvalue weighted by Crippen LogP contribution is -2.39. The van der Waals surface area contributed by atoms with Gasteiger partial charge in [0.25, 0.3) is 0 Å². The smallest absolute Gasteiger partial charge is 0.130 e. The molecule has 2 aromatic rings. The molecule has 4 heteroatoms. The van der Waals surface area contributed by atoms with Gasteiger partial charge in [-0.2, -0.15) is 0 Å². The lowest BCUT2D eigenvalue weighted by atomic mass is 10.1. The van der Waals surface area contributed by atoms with Crippen molar-refractivity contribution in [3.05, 3.63) is 36.0 Å². The zero-order valence-corrected chi connectivity index (χ0v) is 12.7. The number of alkyl halides is 1. The number of para-hydroxylation sites is 1. The number of piperidine rings is 1. The van der Waals surface area contributed by atoms with Gasteiger partial charge in [0.1, 0.15) is 18.5 Å². The van der Waals surface area contributed by atoms with Gasteiger partial charge in [-0.25, -0.2) is 4.39 Å². The lowest BCUT2D eigenvalue weighted by Gasteiger charge is -2.32. The third-order valence-corrected chi connectivity index (χ3v) is 4.79. The van der Waals surface area contributed by atoms with Crippen molar-refractivity contribution in [3.8, 4) is 5.75 Å². The van der Waals surface area contributed by atoms with E-state index in [0.717, 1.165) is 48.6 Å². The molecular formula is C18H21FN2O. The number of aromatic nitrogens is 1. The number of pyridine rings is 1. The van der Waals surface area contributed by atoms with Gasteiger partial charge in [-0.1, -0.05) is 12.1 Å². The third-order valence-electron chi connectivity index (χ3n) is 4.79. The highest BCUT2D eigenvalue weighted by Crippen LogP contribution is 2.32. The maximum absolute atomic E-state index is 13.1. The Kier molecular flexibility index (Phi) is 3.70. The standard InChI is InChI=1S/C18H21FN2O/c19-12-13-2-1-3-16-17(6-9-20-18(13)16)22-15-7-10-21(11-8-15)14-4-5-14/h1-3,6,9,14-15H,4-5,7-8,10-12H2. The first kappa shape index (κ1) is 13.9. The van der Waals surface area contributed by atoms with E-state index in [2.05, 4.69) is 9.88 Å². The van der Waals surface area contributed by atoms with Crippen LogP contribution >= 0.6 is 0 Å². The van der Waals surface area contributed by atoms with Crippen molar-refractivity contribution < 1.29 is 9.13 Å².